The van der Waals surface area contributed by atoms with Crippen molar-refractivity contribution in [1.82, 2.24) is 4.90 Å². The van der Waals surface area contributed by atoms with Gasteiger partial charge in [-0.3, -0.25) is 14.5 Å². The molecule has 2 rings (SSSR count). The number of urea groups is 1. The van der Waals surface area contributed by atoms with Crippen LogP contribution in [0.5, 0.6) is 0 Å². The van der Waals surface area contributed by atoms with Crippen LogP contribution in [0.15, 0.2) is 18.2 Å². The molecule has 0 bridgehead atoms. The summed E-state index contributed by atoms with van der Waals surface area (Å²) in [6, 6.07) is 5.59. The molecule has 0 aromatic heterocycles. The molecular weight excluding hydrogens is 344 g/mol. The Labute approximate surface area is 161 Å². The Balaban J connectivity index is 2.26. The van der Waals surface area contributed by atoms with Crippen LogP contribution in [0.2, 0.25) is 0 Å². The fourth-order valence-corrected chi connectivity index (χ4v) is 2.75. The van der Waals surface area contributed by atoms with Crippen molar-refractivity contribution in [3.63, 3.8) is 0 Å². The lowest BCUT2D eigenvalue weighted by molar-refractivity contribution is -0.158. The summed E-state index contributed by atoms with van der Waals surface area (Å²) in [6.07, 6.45) is 0.192. The van der Waals surface area contributed by atoms with E-state index in [0.717, 1.165) is 21.7 Å². The maximum Gasteiger partial charge on any atom is 0.333 e. The van der Waals surface area contributed by atoms with E-state index in [2.05, 4.69) is 26.8 Å². The quantitative estimate of drug-likeness (QED) is 0.750. The number of nitrogens with zero attached hydrogens (tertiary/aromatic N) is 2. The molecular formula is C21H30N2O4. The Morgan fingerprint density at radius 1 is 1.11 bits per heavy atom. The highest BCUT2D eigenvalue weighted by Gasteiger charge is 2.35. The molecule has 0 unspecified atom stereocenters. The van der Waals surface area contributed by atoms with E-state index in [0.29, 0.717) is 6.54 Å². The maximum absolute atomic E-state index is 13.0. The molecule has 1 aliphatic heterocycles. The molecule has 1 heterocycles. The third-order valence-corrected chi connectivity index (χ3v) is 4.62. The Hall–Kier alpha value is -2.37. The smallest absolute Gasteiger partial charge is 0.333 e. The van der Waals surface area contributed by atoms with Gasteiger partial charge in [-0.15, -0.1) is 0 Å². The Morgan fingerprint density at radius 2 is 1.74 bits per heavy atom. The van der Waals surface area contributed by atoms with Gasteiger partial charge in [0.05, 0.1) is 5.41 Å². The standard InChI is InChI=1S/C21H30N2O4/c1-14-8-9-15(20(2,3)4)12-16(14)22-11-10-17(24)23(19(22)26)13-27-18(25)21(5,6)7/h8-9,12H,10-11,13H2,1-7H3. The number of amides is 3. The van der Waals surface area contributed by atoms with E-state index in [1.54, 1.807) is 25.7 Å². The molecule has 1 saturated heterocycles. The number of rotatable bonds is 3. The number of hydrogen-bond donors (Lipinski definition) is 0. The number of hydrogen-bond acceptors (Lipinski definition) is 4. The number of aryl methyl sites for hydroxylation is 1. The highest BCUT2D eigenvalue weighted by Crippen LogP contribution is 2.31. The SMILES string of the molecule is Cc1ccc(C(C)(C)C)cc1N1CCC(=O)N(COC(=O)C(C)(C)C)C1=O. The van der Waals surface area contributed by atoms with E-state index in [-0.39, 0.29) is 24.5 Å². The Bertz CT molecular complexity index is 756. The number of imide groups is 1. The summed E-state index contributed by atoms with van der Waals surface area (Å²) in [5.74, 6) is -0.784. The lowest BCUT2D eigenvalue weighted by Crippen LogP contribution is -2.53. The minimum absolute atomic E-state index is 0.0565. The lowest BCUT2D eigenvalue weighted by atomic mass is 9.86. The van der Waals surface area contributed by atoms with Gasteiger partial charge in [-0.25, -0.2) is 9.69 Å². The fraction of sp³-hybridized carbons (Fsp3) is 0.571. The molecule has 27 heavy (non-hydrogen) atoms. The number of esters is 1. The van der Waals surface area contributed by atoms with Gasteiger partial charge >= 0.3 is 12.0 Å². The number of benzene rings is 1. The van der Waals surface area contributed by atoms with Crippen molar-refractivity contribution in [3.8, 4) is 0 Å². The average molecular weight is 374 g/mol. The summed E-state index contributed by atoms with van der Waals surface area (Å²) in [4.78, 5) is 39.8. The van der Waals surface area contributed by atoms with Crippen molar-refractivity contribution in [2.75, 3.05) is 18.2 Å². The topological polar surface area (TPSA) is 66.9 Å². The van der Waals surface area contributed by atoms with Gasteiger partial charge in [0.15, 0.2) is 6.73 Å². The van der Waals surface area contributed by atoms with E-state index in [1.807, 2.05) is 19.1 Å². The molecule has 1 fully saturated rings. The second-order valence-corrected chi connectivity index (χ2v) is 9.07. The molecule has 6 heteroatoms. The summed E-state index contributed by atoms with van der Waals surface area (Å²) < 4.78 is 5.20. The molecule has 0 atom stereocenters. The zero-order valence-electron chi connectivity index (χ0n) is 17.4. The largest absolute Gasteiger partial charge is 0.443 e. The molecule has 6 nitrogen and oxygen atoms in total. The van der Waals surface area contributed by atoms with Gasteiger partial charge in [0.1, 0.15) is 0 Å². The van der Waals surface area contributed by atoms with Crippen LogP contribution in [-0.2, 0) is 19.7 Å². The summed E-state index contributed by atoms with van der Waals surface area (Å²) >= 11 is 0. The zero-order chi connectivity index (χ0) is 20.6. The molecule has 3 amide bonds. The predicted molar refractivity (Wildman–Crippen MR) is 104 cm³/mol. The number of carbonyl (C=O) groups excluding carboxylic acids is 3. The molecule has 148 valence electrons. The molecule has 0 aliphatic carbocycles. The first kappa shape index (κ1) is 20.9. The van der Waals surface area contributed by atoms with Crippen molar-refractivity contribution in [2.24, 2.45) is 5.41 Å². The fourth-order valence-electron chi connectivity index (χ4n) is 2.75. The van der Waals surface area contributed by atoms with Gasteiger partial charge < -0.3 is 4.74 Å². The van der Waals surface area contributed by atoms with Gasteiger partial charge in [-0.05, 0) is 50.3 Å². The van der Waals surface area contributed by atoms with Crippen LogP contribution >= 0.6 is 0 Å². The van der Waals surface area contributed by atoms with Crippen LogP contribution in [-0.4, -0.2) is 36.1 Å². The summed E-state index contributed by atoms with van der Waals surface area (Å²) in [5.41, 5.74) is 2.10. The average Bonchev–Trinajstić information content (AvgIpc) is 2.53. The highest BCUT2D eigenvalue weighted by atomic mass is 16.5. The monoisotopic (exact) mass is 374 g/mol. The minimum Gasteiger partial charge on any atom is -0.443 e. The predicted octanol–water partition coefficient (Wildman–Crippen LogP) is 4.00. The van der Waals surface area contributed by atoms with Crippen molar-refractivity contribution in [1.29, 1.82) is 0 Å². The molecule has 0 N–H and O–H groups in total. The van der Waals surface area contributed by atoms with Crippen molar-refractivity contribution in [2.45, 2.75) is 60.3 Å². The molecule has 0 spiro atoms. The van der Waals surface area contributed by atoms with Crippen molar-refractivity contribution < 1.29 is 19.1 Å². The minimum atomic E-state index is -0.695. The van der Waals surface area contributed by atoms with Gasteiger partial charge in [0.25, 0.3) is 0 Å². The molecule has 0 radical (unpaired) electrons. The first-order chi connectivity index (χ1) is 12.3. The van der Waals surface area contributed by atoms with E-state index in [4.69, 9.17) is 4.74 Å². The van der Waals surface area contributed by atoms with Crippen LogP contribution in [0, 0.1) is 12.3 Å². The second kappa shape index (κ2) is 7.33. The van der Waals surface area contributed by atoms with Gasteiger partial charge in [-0.1, -0.05) is 32.9 Å². The van der Waals surface area contributed by atoms with E-state index in [9.17, 15) is 14.4 Å². The maximum atomic E-state index is 13.0. The van der Waals surface area contributed by atoms with Crippen molar-refractivity contribution >= 4 is 23.6 Å². The third kappa shape index (κ3) is 4.67. The number of carbonyl (C=O) groups is 3. The molecule has 1 aromatic carbocycles. The summed E-state index contributed by atoms with van der Waals surface area (Å²) in [7, 11) is 0. The van der Waals surface area contributed by atoms with Crippen LogP contribution in [0.3, 0.4) is 0 Å². The third-order valence-electron chi connectivity index (χ3n) is 4.62. The molecule has 1 aromatic rings. The Kier molecular flexibility index (Phi) is 5.68. The van der Waals surface area contributed by atoms with Crippen LogP contribution in [0.25, 0.3) is 0 Å². The van der Waals surface area contributed by atoms with E-state index in [1.165, 1.54) is 0 Å². The molecule has 1 aliphatic rings. The highest BCUT2D eigenvalue weighted by molar-refractivity contribution is 6.06. The van der Waals surface area contributed by atoms with Crippen LogP contribution in [0.1, 0.15) is 59.1 Å². The van der Waals surface area contributed by atoms with Crippen molar-refractivity contribution in [3.05, 3.63) is 29.3 Å². The lowest BCUT2D eigenvalue weighted by Gasteiger charge is -2.35. The second-order valence-electron chi connectivity index (χ2n) is 9.07. The summed E-state index contributed by atoms with van der Waals surface area (Å²) in [6.45, 7) is 13.4. The number of ether oxygens (including phenoxy) is 1. The van der Waals surface area contributed by atoms with Gasteiger partial charge in [0.2, 0.25) is 5.91 Å². The van der Waals surface area contributed by atoms with Gasteiger partial charge in [0, 0.05) is 18.7 Å². The van der Waals surface area contributed by atoms with Crippen LogP contribution < -0.4 is 4.90 Å². The summed E-state index contributed by atoms with van der Waals surface area (Å²) in [5, 5.41) is 0. The zero-order valence-corrected chi connectivity index (χ0v) is 17.4. The van der Waals surface area contributed by atoms with E-state index >= 15 is 0 Å². The first-order valence-corrected chi connectivity index (χ1v) is 9.22. The molecule has 0 saturated carbocycles. The van der Waals surface area contributed by atoms with E-state index < -0.39 is 17.4 Å². The van der Waals surface area contributed by atoms with Crippen LogP contribution in [0.4, 0.5) is 10.5 Å². The normalized spacial score (nSPS) is 16.0. The Morgan fingerprint density at radius 3 is 2.30 bits per heavy atom. The van der Waals surface area contributed by atoms with Gasteiger partial charge in [-0.2, -0.15) is 0 Å². The first-order valence-electron chi connectivity index (χ1n) is 9.22. The number of anilines is 1.